The summed E-state index contributed by atoms with van der Waals surface area (Å²) in [5.74, 6) is 0.271. The van der Waals surface area contributed by atoms with Crippen LogP contribution >= 0.6 is 11.6 Å². The lowest BCUT2D eigenvalue weighted by molar-refractivity contribution is -0.128. The van der Waals surface area contributed by atoms with Crippen molar-refractivity contribution in [2.45, 2.75) is 32.6 Å². The number of sulfonamides is 1. The number of nitrogens with zero attached hydrogens (tertiary/aromatic N) is 1. The van der Waals surface area contributed by atoms with E-state index in [1.807, 2.05) is 13.8 Å². The number of rotatable bonds is 5. The molecule has 1 amide bonds. The summed E-state index contributed by atoms with van der Waals surface area (Å²) in [5.41, 5.74) is 0.646. The SMILES string of the molecule is CC(=O)N1C[C@H](NS(=O)(=O)Cc2cccc(Cl)c2)[C@@H](C(C)C)C1. The molecule has 2 rings (SSSR count). The molecule has 1 aliphatic rings. The van der Waals surface area contributed by atoms with Crippen molar-refractivity contribution in [2.24, 2.45) is 11.8 Å². The third kappa shape index (κ3) is 4.93. The second-order valence-electron chi connectivity index (χ2n) is 6.45. The molecule has 0 unspecified atom stereocenters. The van der Waals surface area contributed by atoms with Crippen molar-refractivity contribution >= 4 is 27.5 Å². The van der Waals surface area contributed by atoms with Crippen LogP contribution in [-0.4, -0.2) is 38.4 Å². The lowest BCUT2D eigenvalue weighted by Crippen LogP contribution is -2.42. The van der Waals surface area contributed by atoms with E-state index >= 15 is 0 Å². The molecule has 0 bridgehead atoms. The molecule has 1 aromatic carbocycles. The molecule has 1 N–H and O–H groups in total. The van der Waals surface area contributed by atoms with Crippen LogP contribution in [0, 0.1) is 11.8 Å². The zero-order valence-corrected chi connectivity index (χ0v) is 15.2. The first-order valence-electron chi connectivity index (χ1n) is 7.68. The van der Waals surface area contributed by atoms with Gasteiger partial charge in [0.15, 0.2) is 0 Å². The molecular weight excluding hydrogens is 336 g/mol. The molecule has 7 heteroatoms. The summed E-state index contributed by atoms with van der Waals surface area (Å²) in [6, 6.07) is 6.58. The van der Waals surface area contributed by atoms with E-state index < -0.39 is 10.0 Å². The Morgan fingerprint density at radius 3 is 2.65 bits per heavy atom. The van der Waals surface area contributed by atoms with E-state index in [1.54, 1.807) is 29.2 Å². The lowest BCUT2D eigenvalue weighted by atomic mass is 9.92. The first kappa shape index (κ1) is 18.2. The summed E-state index contributed by atoms with van der Waals surface area (Å²) in [5, 5.41) is 0.515. The number of halogens is 1. The largest absolute Gasteiger partial charge is 0.341 e. The highest BCUT2D eigenvalue weighted by molar-refractivity contribution is 7.88. The van der Waals surface area contributed by atoms with Gasteiger partial charge >= 0.3 is 0 Å². The molecule has 5 nitrogen and oxygen atoms in total. The van der Waals surface area contributed by atoms with Crippen molar-refractivity contribution in [1.82, 2.24) is 9.62 Å². The average Bonchev–Trinajstić information content (AvgIpc) is 2.81. The molecule has 1 aliphatic heterocycles. The normalized spacial score (nSPS) is 21.9. The zero-order valence-electron chi connectivity index (χ0n) is 13.6. The fourth-order valence-corrected chi connectivity index (χ4v) is 4.63. The van der Waals surface area contributed by atoms with E-state index in [2.05, 4.69) is 4.72 Å². The average molecular weight is 359 g/mol. The van der Waals surface area contributed by atoms with Crippen molar-refractivity contribution in [2.75, 3.05) is 13.1 Å². The zero-order chi connectivity index (χ0) is 17.2. The highest BCUT2D eigenvalue weighted by atomic mass is 35.5. The smallest absolute Gasteiger partial charge is 0.219 e. The van der Waals surface area contributed by atoms with Crippen LogP contribution in [0.5, 0.6) is 0 Å². The molecular formula is C16H23ClN2O3S. The van der Waals surface area contributed by atoms with Gasteiger partial charge in [-0.2, -0.15) is 0 Å². The van der Waals surface area contributed by atoms with Crippen molar-refractivity contribution in [3.8, 4) is 0 Å². The Kier molecular flexibility index (Phi) is 5.70. The summed E-state index contributed by atoms with van der Waals surface area (Å²) in [6.45, 7) is 6.63. The third-order valence-corrected chi connectivity index (χ3v) is 5.85. The van der Waals surface area contributed by atoms with Crippen LogP contribution in [0.2, 0.25) is 5.02 Å². The van der Waals surface area contributed by atoms with Crippen molar-refractivity contribution in [3.05, 3.63) is 34.9 Å². The van der Waals surface area contributed by atoms with Gasteiger partial charge < -0.3 is 4.90 Å². The van der Waals surface area contributed by atoms with Crippen LogP contribution < -0.4 is 4.72 Å². The maximum absolute atomic E-state index is 12.5. The number of nitrogens with one attached hydrogen (secondary N) is 1. The van der Waals surface area contributed by atoms with Gasteiger partial charge in [-0.1, -0.05) is 37.6 Å². The van der Waals surface area contributed by atoms with Gasteiger partial charge in [0.25, 0.3) is 0 Å². The maximum Gasteiger partial charge on any atom is 0.219 e. The number of carbonyl (C=O) groups is 1. The number of likely N-dealkylation sites (tertiary alicyclic amines) is 1. The van der Waals surface area contributed by atoms with Gasteiger partial charge in [-0.25, -0.2) is 13.1 Å². The molecule has 2 atom stereocenters. The molecule has 0 aliphatic carbocycles. The standard InChI is InChI=1S/C16H23ClN2O3S/c1-11(2)15-8-19(12(3)20)9-16(15)18-23(21,22)10-13-5-4-6-14(17)7-13/h4-7,11,15-16,18H,8-10H2,1-3H3/t15-,16+/m1/s1. The van der Waals surface area contributed by atoms with Gasteiger partial charge in [0.05, 0.1) is 5.75 Å². The lowest BCUT2D eigenvalue weighted by Gasteiger charge is -2.22. The topological polar surface area (TPSA) is 66.5 Å². The van der Waals surface area contributed by atoms with Crippen LogP contribution in [-0.2, 0) is 20.6 Å². The predicted molar refractivity (Wildman–Crippen MR) is 91.6 cm³/mol. The highest BCUT2D eigenvalue weighted by Gasteiger charge is 2.37. The summed E-state index contributed by atoms with van der Waals surface area (Å²) >= 11 is 5.90. The summed E-state index contributed by atoms with van der Waals surface area (Å²) in [4.78, 5) is 13.3. The predicted octanol–water partition coefficient (Wildman–Crippen LogP) is 2.26. The van der Waals surface area contributed by atoms with E-state index in [1.165, 1.54) is 6.92 Å². The van der Waals surface area contributed by atoms with E-state index in [4.69, 9.17) is 11.6 Å². The number of benzene rings is 1. The van der Waals surface area contributed by atoms with E-state index in [0.29, 0.717) is 29.6 Å². The first-order chi connectivity index (χ1) is 10.7. The molecule has 23 heavy (non-hydrogen) atoms. The van der Waals surface area contributed by atoms with Crippen LogP contribution in [0.15, 0.2) is 24.3 Å². The summed E-state index contributed by atoms with van der Waals surface area (Å²) in [7, 11) is -3.50. The Morgan fingerprint density at radius 2 is 2.09 bits per heavy atom. The monoisotopic (exact) mass is 358 g/mol. The molecule has 0 spiro atoms. The second kappa shape index (κ2) is 7.20. The van der Waals surface area contributed by atoms with Crippen LogP contribution in [0.4, 0.5) is 0 Å². The number of hydrogen-bond donors (Lipinski definition) is 1. The molecule has 1 aromatic rings. The minimum atomic E-state index is -3.50. The minimum absolute atomic E-state index is 0.0211. The maximum atomic E-state index is 12.5. The fourth-order valence-electron chi connectivity index (χ4n) is 3.00. The van der Waals surface area contributed by atoms with Crippen LogP contribution in [0.25, 0.3) is 0 Å². The third-order valence-electron chi connectivity index (χ3n) is 4.24. The van der Waals surface area contributed by atoms with Gasteiger partial charge in [-0.05, 0) is 29.5 Å². The molecule has 1 fully saturated rings. The van der Waals surface area contributed by atoms with Crippen LogP contribution in [0.3, 0.4) is 0 Å². The Hall–Kier alpha value is -1.11. The van der Waals surface area contributed by atoms with E-state index in [0.717, 1.165) is 0 Å². The fraction of sp³-hybridized carbons (Fsp3) is 0.562. The minimum Gasteiger partial charge on any atom is -0.341 e. The highest BCUT2D eigenvalue weighted by Crippen LogP contribution is 2.25. The van der Waals surface area contributed by atoms with Gasteiger partial charge in [-0.15, -0.1) is 0 Å². The van der Waals surface area contributed by atoms with Gasteiger partial charge in [0, 0.05) is 31.1 Å². The number of hydrogen-bond acceptors (Lipinski definition) is 3. The van der Waals surface area contributed by atoms with Gasteiger partial charge in [0.1, 0.15) is 0 Å². The number of carbonyl (C=O) groups excluding carboxylic acids is 1. The number of amides is 1. The Balaban J connectivity index is 2.10. The second-order valence-corrected chi connectivity index (χ2v) is 8.64. The Labute approximate surface area is 143 Å². The molecule has 0 aromatic heterocycles. The molecule has 128 valence electrons. The Morgan fingerprint density at radius 1 is 1.39 bits per heavy atom. The molecule has 1 saturated heterocycles. The quantitative estimate of drug-likeness (QED) is 0.878. The first-order valence-corrected chi connectivity index (χ1v) is 9.71. The van der Waals surface area contributed by atoms with E-state index in [-0.39, 0.29) is 23.6 Å². The molecule has 0 saturated carbocycles. The summed E-state index contributed by atoms with van der Waals surface area (Å²) < 4.78 is 27.7. The van der Waals surface area contributed by atoms with Crippen molar-refractivity contribution in [3.63, 3.8) is 0 Å². The van der Waals surface area contributed by atoms with Gasteiger partial charge in [0.2, 0.25) is 15.9 Å². The molecule has 0 radical (unpaired) electrons. The van der Waals surface area contributed by atoms with Crippen LogP contribution in [0.1, 0.15) is 26.3 Å². The Bertz CT molecular complexity index is 676. The van der Waals surface area contributed by atoms with Crippen molar-refractivity contribution < 1.29 is 13.2 Å². The molecule has 1 heterocycles. The summed E-state index contributed by atoms with van der Waals surface area (Å²) in [6.07, 6.45) is 0. The van der Waals surface area contributed by atoms with E-state index in [9.17, 15) is 13.2 Å². The van der Waals surface area contributed by atoms with Crippen molar-refractivity contribution in [1.29, 1.82) is 0 Å². The van der Waals surface area contributed by atoms with Gasteiger partial charge in [-0.3, -0.25) is 4.79 Å².